The van der Waals surface area contributed by atoms with Crippen LogP contribution in [-0.2, 0) is 0 Å². The highest BCUT2D eigenvalue weighted by Crippen LogP contribution is 2.29. The second-order valence-corrected chi connectivity index (χ2v) is 6.57. The number of hydrogen-bond donors (Lipinski definition) is 0. The second kappa shape index (κ2) is 6.06. The number of halogens is 1. The Balaban J connectivity index is 1.83. The van der Waals surface area contributed by atoms with E-state index < -0.39 is 0 Å². The zero-order valence-corrected chi connectivity index (χ0v) is 12.5. The normalized spacial score (nSPS) is 19.3. The Morgan fingerprint density at radius 2 is 1.89 bits per heavy atom. The Morgan fingerprint density at radius 3 is 2.53 bits per heavy atom. The van der Waals surface area contributed by atoms with E-state index in [1.807, 2.05) is 18.2 Å². The summed E-state index contributed by atoms with van der Waals surface area (Å²) in [6.45, 7) is 7.68. The van der Waals surface area contributed by atoms with Crippen LogP contribution in [0.15, 0.2) is 24.3 Å². The first-order valence-corrected chi connectivity index (χ1v) is 7.36. The molecular weight excluding hydrogens is 258 g/mol. The minimum absolute atomic E-state index is 0.149. The van der Waals surface area contributed by atoms with Crippen molar-refractivity contribution in [3.8, 4) is 0 Å². The van der Waals surface area contributed by atoms with Crippen LogP contribution in [0.25, 0.3) is 0 Å². The Kier molecular flexibility index (Phi) is 4.64. The summed E-state index contributed by atoms with van der Waals surface area (Å²) in [4.78, 5) is 14.5. The maximum absolute atomic E-state index is 12.1. The molecule has 104 valence electrons. The number of hydrogen-bond acceptors (Lipinski definition) is 2. The fourth-order valence-corrected chi connectivity index (χ4v) is 2.70. The van der Waals surface area contributed by atoms with Gasteiger partial charge in [0.2, 0.25) is 0 Å². The average molecular weight is 280 g/mol. The molecule has 0 aliphatic carbocycles. The fraction of sp³-hybridized carbons (Fsp3) is 0.562. The van der Waals surface area contributed by atoms with Crippen LogP contribution in [0.1, 0.15) is 43.5 Å². The van der Waals surface area contributed by atoms with Crippen LogP contribution in [0.3, 0.4) is 0 Å². The molecule has 0 saturated carbocycles. The summed E-state index contributed by atoms with van der Waals surface area (Å²) in [5.74, 6) is 0.149. The molecular formula is C16H22ClNO. The molecule has 2 nitrogen and oxygen atoms in total. The van der Waals surface area contributed by atoms with Crippen LogP contribution >= 0.6 is 11.6 Å². The third kappa shape index (κ3) is 4.05. The van der Waals surface area contributed by atoms with Gasteiger partial charge in [0.25, 0.3) is 0 Å². The van der Waals surface area contributed by atoms with Gasteiger partial charge in [0.15, 0.2) is 5.78 Å². The number of piperidine rings is 1. The molecule has 3 heteroatoms. The molecule has 19 heavy (non-hydrogen) atoms. The number of carbonyl (C=O) groups excluding carboxylic acids is 1. The van der Waals surface area contributed by atoms with Gasteiger partial charge < -0.3 is 4.90 Å². The molecule has 1 fully saturated rings. The van der Waals surface area contributed by atoms with Gasteiger partial charge in [-0.1, -0.05) is 37.6 Å². The first-order chi connectivity index (χ1) is 8.98. The summed E-state index contributed by atoms with van der Waals surface area (Å²) in [7, 11) is 0. The number of nitrogens with zero attached hydrogens (tertiary/aromatic N) is 1. The zero-order chi connectivity index (χ0) is 13.9. The van der Waals surface area contributed by atoms with Crippen molar-refractivity contribution in [2.45, 2.75) is 33.1 Å². The molecule has 0 unspecified atom stereocenters. The summed E-state index contributed by atoms with van der Waals surface area (Å²) in [5.41, 5.74) is 1.12. The molecule has 0 radical (unpaired) electrons. The molecule has 0 aromatic heterocycles. The minimum Gasteiger partial charge on any atom is -0.303 e. The number of ketones is 1. The lowest BCUT2D eigenvalue weighted by Crippen LogP contribution is -2.38. The fourth-order valence-electron chi connectivity index (χ4n) is 2.46. The van der Waals surface area contributed by atoms with Crippen molar-refractivity contribution in [2.75, 3.05) is 19.6 Å². The lowest BCUT2D eigenvalue weighted by atomic mass is 9.82. The van der Waals surface area contributed by atoms with Gasteiger partial charge in [-0.2, -0.15) is 0 Å². The molecule has 0 amide bonds. The standard InChI is InChI=1S/C16H22ClNO/c1-16(2)8-11-18(12-9-16)10-7-15(19)13-5-3-4-6-14(13)17/h3-6H,7-12H2,1-2H3. The van der Waals surface area contributed by atoms with E-state index in [2.05, 4.69) is 18.7 Å². The quantitative estimate of drug-likeness (QED) is 0.776. The Morgan fingerprint density at radius 1 is 1.26 bits per heavy atom. The molecule has 1 aromatic carbocycles. The highest BCUT2D eigenvalue weighted by atomic mass is 35.5. The van der Waals surface area contributed by atoms with Crippen LogP contribution in [0.4, 0.5) is 0 Å². The van der Waals surface area contributed by atoms with E-state index in [9.17, 15) is 4.79 Å². The molecule has 0 spiro atoms. The summed E-state index contributed by atoms with van der Waals surface area (Å²) in [6, 6.07) is 7.30. The summed E-state index contributed by atoms with van der Waals surface area (Å²) >= 11 is 6.04. The van der Waals surface area contributed by atoms with Crippen molar-refractivity contribution in [1.82, 2.24) is 4.90 Å². The molecule has 0 N–H and O–H groups in total. The second-order valence-electron chi connectivity index (χ2n) is 6.16. The average Bonchev–Trinajstić information content (AvgIpc) is 2.38. The number of likely N-dealkylation sites (tertiary alicyclic amines) is 1. The van der Waals surface area contributed by atoms with Gasteiger partial charge in [0.1, 0.15) is 0 Å². The number of rotatable bonds is 4. The topological polar surface area (TPSA) is 20.3 Å². The monoisotopic (exact) mass is 279 g/mol. The molecule has 1 aromatic rings. The molecule has 1 heterocycles. The molecule has 0 bridgehead atoms. The Hall–Kier alpha value is -0.860. The Labute approximate surface area is 120 Å². The van der Waals surface area contributed by atoms with Gasteiger partial charge in [-0.05, 0) is 43.5 Å². The number of Topliss-reactive ketones (excluding diaryl/α,β-unsaturated/α-hetero) is 1. The van der Waals surface area contributed by atoms with Crippen molar-refractivity contribution >= 4 is 17.4 Å². The van der Waals surface area contributed by atoms with Crippen LogP contribution in [-0.4, -0.2) is 30.3 Å². The van der Waals surface area contributed by atoms with Crippen molar-refractivity contribution in [3.05, 3.63) is 34.9 Å². The largest absolute Gasteiger partial charge is 0.303 e. The van der Waals surface area contributed by atoms with Gasteiger partial charge in [-0.25, -0.2) is 0 Å². The third-order valence-electron chi connectivity index (χ3n) is 4.04. The summed E-state index contributed by atoms with van der Waals surface area (Å²) in [6.07, 6.45) is 2.99. The third-order valence-corrected chi connectivity index (χ3v) is 4.37. The molecule has 0 atom stereocenters. The maximum atomic E-state index is 12.1. The van der Waals surface area contributed by atoms with E-state index in [4.69, 9.17) is 11.6 Å². The first kappa shape index (κ1) is 14.5. The predicted molar refractivity (Wildman–Crippen MR) is 79.9 cm³/mol. The van der Waals surface area contributed by atoms with Crippen LogP contribution in [0, 0.1) is 5.41 Å². The molecule has 1 aliphatic rings. The lowest BCUT2D eigenvalue weighted by molar-refractivity contribution is 0.0927. The van der Waals surface area contributed by atoms with E-state index in [1.54, 1.807) is 6.07 Å². The Bertz CT molecular complexity index is 446. The van der Waals surface area contributed by atoms with E-state index in [0.29, 0.717) is 22.4 Å². The van der Waals surface area contributed by atoms with Crippen LogP contribution in [0.2, 0.25) is 5.02 Å². The van der Waals surface area contributed by atoms with Gasteiger partial charge >= 0.3 is 0 Å². The van der Waals surface area contributed by atoms with Crippen LogP contribution in [0.5, 0.6) is 0 Å². The van der Waals surface area contributed by atoms with Gasteiger partial charge in [-0.3, -0.25) is 4.79 Å². The van der Waals surface area contributed by atoms with E-state index in [0.717, 1.165) is 19.6 Å². The SMILES string of the molecule is CC1(C)CCN(CCC(=O)c2ccccc2Cl)CC1. The summed E-state index contributed by atoms with van der Waals surface area (Å²) < 4.78 is 0. The van der Waals surface area contributed by atoms with Crippen molar-refractivity contribution in [2.24, 2.45) is 5.41 Å². The predicted octanol–water partition coefficient (Wildman–Crippen LogP) is 4.03. The van der Waals surface area contributed by atoms with Crippen molar-refractivity contribution < 1.29 is 4.79 Å². The van der Waals surface area contributed by atoms with Crippen molar-refractivity contribution in [3.63, 3.8) is 0 Å². The van der Waals surface area contributed by atoms with Gasteiger partial charge in [0, 0.05) is 18.5 Å². The first-order valence-electron chi connectivity index (χ1n) is 6.98. The number of carbonyl (C=O) groups is 1. The van der Waals surface area contributed by atoms with Gasteiger partial charge in [-0.15, -0.1) is 0 Å². The van der Waals surface area contributed by atoms with E-state index >= 15 is 0 Å². The van der Waals surface area contributed by atoms with Crippen molar-refractivity contribution in [1.29, 1.82) is 0 Å². The zero-order valence-electron chi connectivity index (χ0n) is 11.8. The van der Waals surface area contributed by atoms with Crippen LogP contribution < -0.4 is 0 Å². The minimum atomic E-state index is 0.149. The maximum Gasteiger partial charge on any atom is 0.165 e. The number of benzene rings is 1. The molecule has 2 rings (SSSR count). The van der Waals surface area contributed by atoms with Gasteiger partial charge in [0.05, 0.1) is 5.02 Å². The van der Waals surface area contributed by atoms with E-state index in [1.165, 1.54) is 12.8 Å². The highest BCUT2D eigenvalue weighted by Gasteiger charge is 2.25. The van der Waals surface area contributed by atoms with E-state index in [-0.39, 0.29) is 5.78 Å². The smallest absolute Gasteiger partial charge is 0.165 e. The molecule has 1 saturated heterocycles. The lowest BCUT2D eigenvalue weighted by Gasteiger charge is -2.36. The summed E-state index contributed by atoms with van der Waals surface area (Å²) in [5, 5.41) is 0.562. The highest BCUT2D eigenvalue weighted by molar-refractivity contribution is 6.33. The molecule has 1 aliphatic heterocycles.